The minimum Gasteiger partial charge on any atom is -0.421 e. The molecule has 2 aliphatic rings. The van der Waals surface area contributed by atoms with Crippen LogP contribution < -0.4 is 0 Å². The van der Waals surface area contributed by atoms with E-state index in [2.05, 4.69) is 0 Å². The summed E-state index contributed by atoms with van der Waals surface area (Å²) in [7, 11) is -3.85. The number of fused-ring (bicyclic) bond motifs is 1. The highest BCUT2D eigenvalue weighted by Gasteiger charge is 2.68. The fourth-order valence-corrected chi connectivity index (χ4v) is 6.44. The van der Waals surface area contributed by atoms with Crippen molar-refractivity contribution in [3.63, 3.8) is 0 Å². The molecule has 2 aliphatic heterocycles. The summed E-state index contributed by atoms with van der Waals surface area (Å²) in [5, 5.41) is -1.05. The van der Waals surface area contributed by atoms with Crippen LogP contribution in [0.2, 0.25) is 0 Å². The molecule has 0 aliphatic carbocycles. The molecule has 2 fully saturated rings. The van der Waals surface area contributed by atoms with E-state index in [0.717, 1.165) is 10.4 Å². The lowest BCUT2D eigenvalue weighted by atomic mass is 10.0. The lowest BCUT2D eigenvalue weighted by molar-refractivity contribution is -0.157. The molecule has 2 aromatic carbocycles. The van der Waals surface area contributed by atoms with E-state index in [1.165, 1.54) is 13.0 Å². The molecule has 1 amide bonds. The number of ether oxygens (including phenoxy) is 2. The third-order valence-electron chi connectivity index (χ3n) is 5.68. The summed E-state index contributed by atoms with van der Waals surface area (Å²) in [5.41, 5.74) is 2.48. The molecular weight excluding hydrogens is 442 g/mol. The summed E-state index contributed by atoms with van der Waals surface area (Å²) in [6.07, 6.45) is -2.17. The minimum atomic E-state index is -3.85. The molecule has 0 aromatic heterocycles. The maximum atomic E-state index is 12.9. The number of benzene rings is 2. The molecule has 4 rings (SSSR count). The molecule has 162 valence electrons. The molecule has 0 N–H and O–H groups in total. The third-order valence-corrected chi connectivity index (χ3v) is 8.48. The number of β-lactam (4-membered cyclic amide) rings is 1. The lowest BCUT2D eigenvalue weighted by Crippen LogP contribution is -2.55. The molecule has 0 spiro atoms. The number of hydrogen-bond donors (Lipinski definition) is 0. The Morgan fingerprint density at radius 2 is 1.68 bits per heavy atom. The number of hydrogen-bond acceptors (Lipinski definition) is 6. The van der Waals surface area contributed by atoms with Gasteiger partial charge in [-0.15, -0.1) is 0 Å². The van der Waals surface area contributed by atoms with Gasteiger partial charge in [0.1, 0.15) is 10.1 Å². The van der Waals surface area contributed by atoms with Crippen LogP contribution in [0.15, 0.2) is 72.3 Å². The van der Waals surface area contributed by atoms with Crippen LogP contribution in [-0.2, 0) is 24.1 Å². The zero-order valence-corrected chi connectivity index (χ0v) is 18.1. The first-order valence-corrected chi connectivity index (χ1v) is 11.6. The first kappa shape index (κ1) is 21.4. The molecule has 31 heavy (non-hydrogen) atoms. The van der Waals surface area contributed by atoms with E-state index in [1.807, 2.05) is 36.4 Å². The Bertz CT molecular complexity index is 1080. The van der Waals surface area contributed by atoms with Gasteiger partial charge in [-0.1, -0.05) is 72.3 Å². The van der Waals surface area contributed by atoms with Crippen molar-refractivity contribution in [1.82, 2.24) is 4.90 Å². The second-order valence-corrected chi connectivity index (χ2v) is 10.3. The van der Waals surface area contributed by atoms with Crippen LogP contribution >= 0.6 is 11.6 Å². The Balaban J connectivity index is 1.62. The monoisotopic (exact) mass is 461 g/mol. The van der Waals surface area contributed by atoms with Crippen molar-refractivity contribution in [1.29, 1.82) is 0 Å². The zero-order chi connectivity index (χ0) is 22.2. The predicted octanol–water partition coefficient (Wildman–Crippen LogP) is 3.75. The van der Waals surface area contributed by atoms with E-state index >= 15 is 0 Å². The predicted molar refractivity (Wildman–Crippen MR) is 114 cm³/mol. The third kappa shape index (κ3) is 3.49. The van der Waals surface area contributed by atoms with E-state index < -0.39 is 44.4 Å². The quantitative estimate of drug-likeness (QED) is 0.497. The fourth-order valence-electron chi connectivity index (χ4n) is 3.93. The van der Waals surface area contributed by atoms with Gasteiger partial charge in [0.25, 0.3) is 0 Å². The van der Waals surface area contributed by atoms with Gasteiger partial charge in [-0.05, 0) is 24.1 Å². The van der Waals surface area contributed by atoms with Crippen molar-refractivity contribution in [3.05, 3.63) is 83.4 Å². The molecule has 2 heterocycles. The molecule has 0 bridgehead atoms. The molecular formula is C22H20ClNO6S. The average Bonchev–Trinajstić information content (AvgIpc) is 2.88. The maximum absolute atomic E-state index is 12.9. The number of nitrogens with zero attached hydrogens (tertiary/aromatic N) is 1. The first-order chi connectivity index (χ1) is 14.8. The summed E-state index contributed by atoms with van der Waals surface area (Å²) in [4.78, 5) is 26.0. The summed E-state index contributed by atoms with van der Waals surface area (Å²) < 4.78 is 35.2. The number of sulfone groups is 1. The molecule has 7 nitrogen and oxygen atoms in total. The first-order valence-electron chi connectivity index (χ1n) is 9.59. The van der Waals surface area contributed by atoms with Crippen LogP contribution in [0.25, 0.3) is 0 Å². The Morgan fingerprint density at radius 3 is 2.16 bits per heavy atom. The van der Waals surface area contributed by atoms with E-state index in [9.17, 15) is 18.0 Å². The highest BCUT2D eigenvalue weighted by Crippen LogP contribution is 2.47. The van der Waals surface area contributed by atoms with Gasteiger partial charge in [0, 0.05) is 5.54 Å². The molecule has 0 unspecified atom stereocenters. The molecule has 0 radical (unpaired) electrons. The Kier molecular flexibility index (Phi) is 5.53. The van der Waals surface area contributed by atoms with Crippen LogP contribution in [0.5, 0.6) is 0 Å². The Labute approximate surface area is 185 Å². The summed E-state index contributed by atoms with van der Waals surface area (Å²) in [6.45, 7) is 1.37. The van der Waals surface area contributed by atoms with Crippen LogP contribution in [0, 0.1) is 0 Å². The van der Waals surface area contributed by atoms with Crippen LogP contribution in [0.4, 0.5) is 4.79 Å². The van der Waals surface area contributed by atoms with Gasteiger partial charge in [-0.2, -0.15) is 0 Å². The largest absolute Gasteiger partial charge is 0.511 e. The number of carbonyl (C=O) groups excluding carboxylic acids is 2. The zero-order valence-electron chi connectivity index (χ0n) is 16.6. The molecule has 3 atom stereocenters. The Morgan fingerprint density at radius 1 is 1.13 bits per heavy atom. The molecule has 2 aromatic rings. The maximum Gasteiger partial charge on any atom is 0.511 e. The number of amides is 1. The number of halogens is 1. The van der Waals surface area contributed by atoms with E-state index in [4.69, 9.17) is 21.1 Å². The Hall–Kier alpha value is -2.84. The highest BCUT2D eigenvalue weighted by molar-refractivity contribution is 7.94. The molecule has 9 heteroatoms. The second-order valence-electron chi connectivity index (χ2n) is 7.52. The summed E-state index contributed by atoms with van der Waals surface area (Å²) >= 11 is 5.68. The van der Waals surface area contributed by atoms with Crippen molar-refractivity contribution in [3.8, 4) is 0 Å². The summed E-state index contributed by atoms with van der Waals surface area (Å²) in [6, 6.07) is 18.2. The van der Waals surface area contributed by atoms with E-state index in [1.54, 1.807) is 24.3 Å². The number of rotatable bonds is 5. The van der Waals surface area contributed by atoms with Crippen molar-refractivity contribution in [2.24, 2.45) is 0 Å². The minimum absolute atomic E-state index is 0.153. The van der Waals surface area contributed by atoms with Gasteiger partial charge in [-0.25, -0.2) is 13.2 Å². The van der Waals surface area contributed by atoms with E-state index in [0.29, 0.717) is 11.1 Å². The SMILES string of the molecule is C[C@]1(/C=C\Cl)[C@H](OC(=O)OC(c2ccccc2)c2ccccc2)N2C(=O)C[C@H]2S1(=O)=O. The van der Waals surface area contributed by atoms with Crippen molar-refractivity contribution in [2.75, 3.05) is 0 Å². The second kappa shape index (κ2) is 8.01. The van der Waals surface area contributed by atoms with E-state index in [-0.39, 0.29) is 6.42 Å². The number of carbonyl (C=O) groups is 2. The van der Waals surface area contributed by atoms with Crippen LogP contribution in [0.1, 0.15) is 30.6 Å². The van der Waals surface area contributed by atoms with Crippen LogP contribution in [-0.4, -0.2) is 41.7 Å². The lowest BCUT2D eigenvalue weighted by Gasteiger charge is -2.36. The average molecular weight is 462 g/mol. The van der Waals surface area contributed by atoms with Gasteiger partial charge in [0.05, 0.1) is 6.42 Å². The summed E-state index contributed by atoms with van der Waals surface area (Å²) in [5.74, 6) is -0.416. The van der Waals surface area contributed by atoms with Crippen molar-refractivity contribution < 1.29 is 27.5 Å². The van der Waals surface area contributed by atoms with Gasteiger partial charge in [-0.3, -0.25) is 9.69 Å². The molecule has 2 saturated heterocycles. The molecule has 0 saturated carbocycles. The van der Waals surface area contributed by atoms with Crippen molar-refractivity contribution >= 4 is 33.5 Å². The van der Waals surface area contributed by atoms with Gasteiger partial charge in [0.2, 0.25) is 12.1 Å². The van der Waals surface area contributed by atoms with Gasteiger partial charge < -0.3 is 9.47 Å². The normalized spacial score (nSPS) is 26.5. The standard InChI is InChI=1S/C22H20ClNO6S/c1-22(12-13-23)20(24-17(25)14-18(24)31(22,27)28)30-21(26)29-19(15-8-4-2-5-9-15)16-10-6-3-7-11-16/h2-13,18-20H,14H2,1H3/b13-12-/t18-,20+,22+/m1/s1. The van der Waals surface area contributed by atoms with Gasteiger partial charge in [0.15, 0.2) is 15.9 Å². The van der Waals surface area contributed by atoms with Gasteiger partial charge >= 0.3 is 6.16 Å². The smallest absolute Gasteiger partial charge is 0.421 e. The van der Waals surface area contributed by atoms with Crippen molar-refractivity contribution in [2.45, 2.75) is 35.8 Å². The van der Waals surface area contributed by atoms with Crippen LogP contribution in [0.3, 0.4) is 0 Å². The topological polar surface area (TPSA) is 90.0 Å². The highest BCUT2D eigenvalue weighted by atomic mass is 35.5. The fraction of sp³-hybridized carbons (Fsp3) is 0.273.